The number of hydrogen-bond acceptors (Lipinski definition) is 4. The number of nitrogens with zero attached hydrogens (tertiary/aromatic N) is 3. The molecule has 2 heterocycles. The minimum atomic E-state index is 0. The number of hydrogen-bond donors (Lipinski definition) is 2. The number of rotatable bonds is 8. The molecular formula is C20H39IN4O3. The molecule has 1 unspecified atom stereocenters. The Bertz CT molecular complexity index is 458. The van der Waals surface area contributed by atoms with Crippen LogP contribution in [0.2, 0.25) is 0 Å². The lowest BCUT2D eigenvalue weighted by Crippen LogP contribution is -2.50. The van der Waals surface area contributed by atoms with Gasteiger partial charge in [0, 0.05) is 51.8 Å². The third-order valence-electron chi connectivity index (χ3n) is 5.53. The summed E-state index contributed by atoms with van der Waals surface area (Å²) < 4.78 is 5.35. The van der Waals surface area contributed by atoms with E-state index in [0.717, 1.165) is 77.3 Å². The molecule has 2 aliphatic rings. The maximum atomic E-state index is 12.7. The van der Waals surface area contributed by atoms with Gasteiger partial charge < -0.3 is 25.0 Å². The van der Waals surface area contributed by atoms with Crippen LogP contribution in [0.15, 0.2) is 4.99 Å². The number of carbonyl (C=O) groups excluding carboxylic acids is 1. The molecular weight excluding hydrogens is 471 g/mol. The maximum Gasteiger partial charge on any atom is 0.225 e. The van der Waals surface area contributed by atoms with Gasteiger partial charge in [0.05, 0.1) is 13.2 Å². The molecule has 8 heteroatoms. The van der Waals surface area contributed by atoms with Crippen molar-refractivity contribution in [3.63, 3.8) is 0 Å². The number of guanidine groups is 1. The van der Waals surface area contributed by atoms with Crippen LogP contribution in [0.1, 0.15) is 46.0 Å². The molecule has 0 aliphatic carbocycles. The van der Waals surface area contributed by atoms with Crippen molar-refractivity contribution in [3.8, 4) is 0 Å². The molecule has 28 heavy (non-hydrogen) atoms. The Hall–Kier alpha value is -0.610. The van der Waals surface area contributed by atoms with Crippen molar-refractivity contribution >= 4 is 35.8 Å². The minimum Gasteiger partial charge on any atom is -0.396 e. The Kier molecular flexibility index (Phi) is 13.1. The van der Waals surface area contributed by atoms with Gasteiger partial charge in [-0.1, -0.05) is 13.3 Å². The van der Waals surface area contributed by atoms with Gasteiger partial charge in [0.1, 0.15) is 0 Å². The molecule has 7 nitrogen and oxygen atoms in total. The first kappa shape index (κ1) is 25.4. The van der Waals surface area contributed by atoms with E-state index in [-0.39, 0.29) is 36.5 Å². The Labute approximate surface area is 187 Å². The van der Waals surface area contributed by atoms with E-state index in [4.69, 9.17) is 9.73 Å². The molecule has 0 aromatic heterocycles. The third-order valence-corrected chi connectivity index (χ3v) is 5.53. The first-order valence-electron chi connectivity index (χ1n) is 10.7. The lowest BCUT2D eigenvalue weighted by molar-refractivity contribution is -0.140. The summed E-state index contributed by atoms with van der Waals surface area (Å²) in [5.41, 5.74) is 0. The second-order valence-electron chi connectivity index (χ2n) is 7.56. The average molecular weight is 510 g/mol. The van der Waals surface area contributed by atoms with Gasteiger partial charge in [-0.2, -0.15) is 0 Å². The quantitative estimate of drug-likeness (QED) is 0.297. The number of ether oxygens (including phenoxy) is 1. The number of nitrogens with one attached hydrogen (secondary N) is 1. The predicted molar refractivity (Wildman–Crippen MR) is 123 cm³/mol. The van der Waals surface area contributed by atoms with Gasteiger partial charge in [0.15, 0.2) is 5.96 Å². The third kappa shape index (κ3) is 8.02. The van der Waals surface area contributed by atoms with Crippen LogP contribution < -0.4 is 5.32 Å². The number of aliphatic hydroxyl groups excluding tert-OH is 1. The van der Waals surface area contributed by atoms with E-state index in [1.165, 1.54) is 0 Å². The van der Waals surface area contributed by atoms with E-state index >= 15 is 0 Å². The van der Waals surface area contributed by atoms with Crippen LogP contribution in [-0.2, 0) is 9.53 Å². The second kappa shape index (κ2) is 14.4. The lowest BCUT2D eigenvalue weighted by atomic mass is 9.95. The number of aliphatic hydroxyl groups is 1. The summed E-state index contributed by atoms with van der Waals surface area (Å²) >= 11 is 0. The highest BCUT2D eigenvalue weighted by molar-refractivity contribution is 14.0. The fourth-order valence-electron chi connectivity index (χ4n) is 3.94. The highest BCUT2D eigenvalue weighted by atomic mass is 127. The van der Waals surface area contributed by atoms with Crippen LogP contribution in [0.3, 0.4) is 0 Å². The topological polar surface area (TPSA) is 77.4 Å². The van der Waals surface area contributed by atoms with Crippen molar-refractivity contribution in [2.75, 3.05) is 59.1 Å². The zero-order chi connectivity index (χ0) is 19.5. The molecule has 0 aromatic rings. The number of amides is 1. The summed E-state index contributed by atoms with van der Waals surface area (Å²) in [5.74, 6) is 1.82. The number of carbonyl (C=O) groups is 1. The van der Waals surface area contributed by atoms with Gasteiger partial charge in [-0.3, -0.25) is 9.79 Å². The maximum absolute atomic E-state index is 12.7. The fraction of sp³-hybridized carbons (Fsp3) is 0.900. The van der Waals surface area contributed by atoms with Gasteiger partial charge in [0.2, 0.25) is 5.91 Å². The second-order valence-corrected chi connectivity index (χ2v) is 7.56. The van der Waals surface area contributed by atoms with Crippen LogP contribution in [0.25, 0.3) is 0 Å². The molecule has 1 atom stereocenters. The summed E-state index contributed by atoms with van der Waals surface area (Å²) in [6.07, 6.45) is 4.80. The number of halogens is 1. The molecule has 0 radical (unpaired) electrons. The molecule has 2 saturated heterocycles. The average Bonchev–Trinajstić information content (AvgIpc) is 2.71. The SMILES string of the molecule is CCCC(CCO)CN=C(NCC)N1CCC(C(=O)N2CCOCC2)CC1.I. The number of morpholine rings is 1. The highest BCUT2D eigenvalue weighted by Crippen LogP contribution is 2.21. The van der Waals surface area contributed by atoms with Crippen molar-refractivity contribution in [2.24, 2.45) is 16.8 Å². The standard InChI is InChI=1S/C20H38N4O3.HI/c1-3-5-17(8-13-25)16-22-20(21-4-2)24-9-6-18(7-10-24)19(26)23-11-14-27-15-12-23;/h17-18,25H,3-16H2,1-2H3,(H,21,22);1H. The van der Waals surface area contributed by atoms with Crippen molar-refractivity contribution in [1.29, 1.82) is 0 Å². The molecule has 2 fully saturated rings. The van der Waals surface area contributed by atoms with E-state index in [9.17, 15) is 9.90 Å². The Morgan fingerprint density at radius 1 is 1.14 bits per heavy atom. The normalized spacial score (nSPS) is 19.9. The zero-order valence-corrected chi connectivity index (χ0v) is 19.9. The van der Waals surface area contributed by atoms with E-state index < -0.39 is 0 Å². The Balaban J connectivity index is 0.00000392. The van der Waals surface area contributed by atoms with Gasteiger partial charge in [-0.05, 0) is 38.5 Å². The number of likely N-dealkylation sites (tertiary alicyclic amines) is 1. The summed E-state index contributed by atoms with van der Waals surface area (Å²) in [4.78, 5) is 21.8. The molecule has 0 spiro atoms. The number of aliphatic imine (C=N–C) groups is 1. The summed E-state index contributed by atoms with van der Waals surface area (Å²) in [6, 6.07) is 0. The summed E-state index contributed by atoms with van der Waals surface area (Å²) in [5, 5.41) is 12.7. The molecule has 2 N–H and O–H groups in total. The first-order valence-corrected chi connectivity index (χ1v) is 10.7. The van der Waals surface area contributed by atoms with Gasteiger partial charge in [-0.15, -0.1) is 24.0 Å². The summed E-state index contributed by atoms with van der Waals surface area (Å²) in [6.45, 7) is 10.6. The van der Waals surface area contributed by atoms with E-state index in [1.807, 2.05) is 4.90 Å². The molecule has 1 amide bonds. The highest BCUT2D eigenvalue weighted by Gasteiger charge is 2.30. The Morgan fingerprint density at radius 2 is 1.82 bits per heavy atom. The number of piperidine rings is 1. The van der Waals surface area contributed by atoms with Crippen LogP contribution in [0.4, 0.5) is 0 Å². The minimum absolute atomic E-state index is 0. The van der Waals surface area contributed by atoms with Crippen molar-refractivity contribution < 1.29 is 14.6 Å². The smallest absolute Gasteiger partial charge is 0.225 e. The van der Waals surface area contributed by atoms with Crippen LogP contribution in [-0.4, -0.2) is 85.9 Å². The Morgan fingerprint density at radius 3 is 2.39 bits per heavy atom. The zero-order valence-electron chi connectivity index (χ0n) is 17.6. The predicted octanol–water partition coefficient (Wildman–Crippen LogP) is 1.94. The van der Waals surface area contributed by atoms with Crippen LogP contribution in [0, 0.1) is 11.8 Å². The molecule has 0 saturated carbocycles. The molecule has 0 bridgehead atoms. The van der Waals surface area contributed by atoms with E-state index in [0.29, 0.717) is 25.0 Å². The van der Waals surface area contributed by atoms with Crippen molar-refractivity contribution in [1.82, 2.24) is 15.1 Å². The van der Waals surface area contributed by atoms with Crippen molar-refractivity contribution in [2.45, 2.75) is 46.0 Å². The van der Waals surface area contributed by atoms with Crippen LogP contribution >= 0.6 is 24.0 Å². The molecule has 0 aromatic carbocycles. The van der Waals surface area contributed by atoms with Gasteiger partial charge >= 0.3 is 0 Å². The molecule has 2 aliphatic heterocycles. The lowest BCUT2D eigenvalue weighted by Gasteiger charge is -2.36. The molecule has 2 rings (SSSR count). The fourth-order valence-corrected chi connectivity index (χ4v) is 3.94. The van der Waals surface area contributed by atoms with E-state index in [2.05, 4.69) is 24.1 Å². The van der Waals surface area contributed by atoms with Gasteiger partial charge in [0.25, 0.3) is 0 Å². The molecule has 164 valence electrons. The largest absolute Gasteiger partial charge is 0.396 e. The monoisotopic (exact) mass is 510 g/mol. The van der Waals surface area contributed by atoms with Crippen LogP contribution in [0.5, 0.6) is 0 Å². The van der Waals surface area contributed by atoms with E-state index in [1.54, 1.807) is 0 Å². The first-order chi connectivity index (χ1) is 13.2. The van der Waals surface area contributed by atoms with Gasteiger partial charge in [-0.25, -0.2) is 0 Å². The van der Waals surface area contributed by atoms with Crippen molar-refractivity contribution in [3.05, 3.63) is 0 Å². The summed E-state index contributed by atoms with van der Waals surface area (Å²) in [7, 11) is 0.